The van der Waals surface area contributed by atoms with Crippen LogP contribution in [0.15, 0.2) is 24.3 Å². The lowest BCUT2D eigenvalue weighted by molar-refractivity contribution is -0.131. The van der Waals surface area contributed by atoms with E-state index in [9.17, 15) is 4.79 Å². The fraction of sp³-hybridized carbons (Fsp3) is 0.588. The van der Waals surface area contributed by atoms with Gasteiger partial charge in [-0.1, -0.05) is 18.2 Å². The van der Waals surface area contributed by atoms with E-state index in [0.717, 1.165) is 39.0 Å². The monoisotopic (exact) mass is 287 g/mol. The predicted octanol–water partition coefficient (Wildman–Crippen LogP) is 2.00. The number of amides is 1. The van der Waals surface area contributed by atoms with Crippen molar-refractivity contribution in [1.29, 1.82) is 0 Å². The van der Waals surface area contributed by atoms with Gasteiger partial charge in [-0.3, -0.25) is 4.79 Å². The Hall–Kier alpha value is -1.55. The van der Waals surface area contributed by atoms with E-state index in [1.807, 2.05) is 4.90 Å². The molecule has 0 aliphatic carbocycles. The van der Waals surface area contributed by atoms with Crippen molar-refractivity contribution >= 4 is 11.6 Å². The number of likely N-dealkylation sites (tertiary alicyclic amines) is 1. The van der Waals surface area contributed by atoms with E-state index in [1.54, 1.807) is 0 Å². The van der Waals surface area contributed by atoms with E-state index in [-0.39, 0.29) is 11.9 Å². The fourth-order valence-electron chi connectivity index (χ4n) is 3.38. The van der Waals surface area contributed by atoms with Crippen LogP contribution in [0.4, 0.5) is 5.69 Å². The molecule has 1 fully saturated rings. The number of anilines is 1. The van der Waals surface area contributed by atoms with Crippen molar-refractivity contribution < 1.29 is 4.79 Å². The molecule has 4 nitrogen and oxygen atoms in total. The summed E-state index contributed by atoms with van der Waals surface area (Å²) in [6.07, 6.45) is 2.29. The summed E-state index contributed by atoms with van der Waals surface area (Å²) in [6.45, 7) is 7.83. The van der Waals surface area contributed by atoms with Crippen molar-refractivity contribution in [3.63, 3.8) is 0 Å². The van der Waals surface area contributed by atoms with Crippen LogP contribution in [0.3, 0.4) is 0 Å². The first kappa shape index (κ1) is 14.4. The third-order valence-electron chi connectivity index (χ3n) is 4.66. The van der Waals surface area contributed by atoms with Crippen LogP contribution in [0.2, 0.25) is 0 Å². The molecule has 1 aromatic rings. The minimum Gasteiger partial charge on any atom is -0.358 e. The Morgan fingerprint density at radius 1 is 1.29 bits per heavy atom. The number of hydrogen-bond acceptors (Lipinski definition) is 3. The summed E-state index contributed by atoms with van der Waals surface area (Å²) >= 11 is 0. The molecular formula is C17H25N3O. The van der Waals surface area contributed by atoms with Gasteiger partial charge in [0.05, 0.1) is 0 Å². The number of rotatable bonds is 2. The van der Waals surface area contributed by atoms with E-state index < -0.39 is 0 Å². The molecule has 3 rings (SSSR count). The molecule has 2 atom stereocenters. The standard InChI is InChI=1S/C17H25N3O/c1-13-12-20(14(2)17(21)19-9-5-6-10-19)16-8-4-3-7-15(16)11-18-13/h3-4,7-8,13-14,18H,5-6,9-12H2,1-2H3. The molecule has 4 heteroatoms. The second kappa shape index (κ2) is 6.06. The first-order valence-electron chi connectivity index (χ1n) is 8.03. The maximum atomic E-state index is 12.7. The third kappa shape index (κ3) is 2.91. The van der Waals surface area contributed by atoms with E-state index in [1.165, 1.54) is 11.3 Å². The largest absolute Gasteiger partial charge is 0.358 e. The van der Waals surface area contributed by atoms with Crippen LogP contribution < -0.4 is 10.2 Å². The number of nitrogens with zero attached hydrogens (tertiary/aromatic N) is 2. The maximum absolute atomic E-state index is 12.7. The topological polar surface area (TPSA) is 35.6 Å². The van der Waals surface area contributed by atoms with Crippen LogP contribution in [0, 0.1) is 0 Å². The molecule has 0 radical (unpaired) electrons. The van der Waals surface area contributed by atoms with Gasteiger partial charge in [-0.05, 0) is 38.3 Å². The summed E-state index contributed by atoms with van der Waals surface area (Å²) < 4.78 is 0. The second-order valence-electron chi connectivity index (χ2n) is 6.27. The number of nitrogens with one attached hydrogen (secondary N) is 1. The first-order valence-corrected chi connectivity index (χ1v) is 8.03. The molecule has 1 aromatic carbocycles. The highest BCUT2D eigenvalue weighted by atomic mass is 16.2. The highest BCUT2D eigenvalue weighted by molar-refractivity contribution is 5.85. The highest BCUT2D eigenvalue weighted by Crippen LogP contribution is 2.26. The molecule has 2 unspecified atom stereocenters. The van der Waals surface area contributed by atoms with Crippen molar-refractivity contribution in [3.05, 3.63) is 29.8 Å². The van der Waals surface area contributed by atoms with Crippen LogP contribution >= 0.6 is 0 Å². The SMILES string of the molecule is CC1CN(C(C)C(=O)N2CCCC2)c2ccccc2CN1. The normalized spacial score (nSPS) is 23.6. The molecule has 0 saturated carbocycles. The average Bonchev–Trinajstić information content (AvgIpc) is 2.98. The van der Waals surface area contributed by atoms with Gasteiger partial charge in [0, 0.05) is 37.9 Å². The minimum atomic E-state index is -0.0911. The molecule has 0 aromatic heterocycles. The second-order valence-corrected chi connectivity index (χ2v) is 6.27. The van der Waals surface area contributed by atoms with E-state index in [0.29, 0.717) is 6.04 Å². The number of carbonyl (C=O) groups excluding carboxylic acids is 1. The van der Waals surface area contributed by atoms with Crippen LogP contribution in [-0.2, 0) is 11.3 Å². The molecule has 2 aliphatic heterocycles. The lowest BCUT2D eigenvalue weighted by Crippen LogP contribution is -2.49. The molecular weight excluding hydrogens is 262 g/mol. The van der Waals surface area contributed by atoms with Gasteiger partial charge in [0.2, 0.25) is 5.91 Å². The van der Waals surface area contributed by atoms with Crippen LogP contribution in [0.5, 0.6) is 0 Å². The Morgan fingerprint density at radius 3 is 2.76 bits per heavy atom. The van der Waals surface area contributed by atoms with Gasteiger partial charge < -0.3 is 15.1 Å². The molecule has 21 heavy (non-hydrogen) atoms. The average molecular weight is 287 g/mol. The summed E-state index contributed by atoms with van der Waals surface area (Å²) in [5.74, 6) is 0.274. The van der Waals surface area contributed by atoms with Crippen LogP contribution in [-0.4, -0.2) is 42.5 Å². The van der Waals surface area contributed by atoms with Crippen LogP contribution in [0.1, 0.15) is 32.3 Å². The van der Waals surface area contributed by atoms with Crippen molar-refractivity contribution in [2.75, 3.05) is 24.5 Å². The number of carbonyl (C=O) groups is 1. The van der Waals surface area contributed by atoms with E-state index >= 15 is 0 Å². The zero-order valence-corrected chi connectivity index (χ0v) is 13.0. The molecule has 2 heterocycles. The van der Waals surface area contributed by atoms with Crippen LogP contribution in [0.25, 0.3) is 0 Å². The summed E-state index contributed by atoms with van der Waals surface area (Å²) in [5.41, 5.74) is 2.48. The van der Waals surface area contributed by atoms with Gasteiger partial charge in [-0.2, -0.15) is 0 Å². The van der Waals surface area contributed by atoms with Crippen molar-refractivity contribution in [3.8, 4) is 0 Å². The van der Waals surface area contributed by atoms with Gasteiger partial charge in [0.25, 0.3) is 0 Å². The van der Waals surface area contributed by atoms with Crippen molar-refractivity contribution in [2.24, 2.45) is 0 Å². The number of fused-ring (bicyclic) bond motifs is 1. The first-order chi connectivity index (χ1) is 10.2. The Morgan fingerprint density at radius 2 is 2.00 bits per heavy atom. The zero-order valence-electron chi connectivity index (χ0n) is 13.0. The fourth-order valence-corrected chi connectivity index (χ4v) is 3.38. The molecule has 1 N–H and O–H groups in total. The minimum absolute atomic E-state index is 0.0911. The Kier molecular flexibility index (Phi) is 4.15. The molecule has 0 spiro atoms. The Balaban J connectivity index is 1.86. The van der Waals surface area contributed by atoms with Gasteiger partial charge in [0.1, 0.15) is 6.04 Å². The van der Waals surface area contributed by atoms with Crippen molar-refractivity contribution in [1.82, 2.24) is 10.2 Å². The molecule has 0 bridgehead atoms. The lowest BCUT2D eigenvalue weighted by atomic mass is 10.1. The smallest absolute Gasteiger partial charge is 0.244 e. The number of benzene rings is 1. The highest BCUT2D eigenvalue weighted by Gasteiger charge is 2.30. The predicted molar refractivity (Wildman–Crippen MR) is 85.4 cm³/mol. The summed E-state index contributed by atoms with van der Waals surface area (Å²) in [7, 11) is 0. The van der Waals surface area contributed by atoms with Gasteiger partial charge in [0.15, 0.2) is 0 Å². The molecule has 2 aliphatic rings. The maximum Gasteiger partial charge on any atom is 0.244 e. The van der Waals surface area contributed by atoms with E-state index in [4.69, 9.17) is 0 Å². The summed E-state index contributed by atoms with van der Waals surface area (Å²) in [4.78, 5) is 17.0. The van der Waals surface area contributed by atoms with Gasteiger partial charge in [-0.25, -0.2) is 0 Å². The zero-order chi connectivity index (χ0) is 14.8. The van der Waals surface area contributed by atoms with Crippen molar-refractivity contribution in [2.45, 2.75) is 45.3 Å². The summed E-state index contributed by atoms with van der Waals surface area (Å²) in [6, 6.07) is 8.72. The Labute approximate surface area is 127 Å². The van der Waals surface area contributed by atoms with Gasteiger partial charge in [-0.15, -0.1) is 0 Å². The quantitative estimate of drug-likeness (QED) is 0.903. The summed E-state index contributed by atoms with van der Waals surface area (Å²) in [5, 5.41) is 3.53. The lowest BCUT2D eigenvalue weighted by Gasteiger charge is -2.34. The molecule has 1 amide bonds. The third-order valence-corrected chi connectivity index (χ3v) is 4.66. The number of hydrogen-bond donors (Lipinski definition) is 1. The molecule has 114 valence electrons. The van der Waals surface area contributed by atoms with E-state index in [2.05, 4.69) is 48.3 Å². The molecule has 1 saturated heterocycles. The van der Waals surface area contributed by atoms with Gasteiger partial charge >= 0.3 is 0 Å². The number of para-hydroxylation sites is 1. The Bertz CT molecular complexity index is 511.